The maximum Gasteiger partial charge on any atom is 0.317 e. The van der Waals surface area contributed by atoms with Gasteiger partial charge in [0.25, 0.3) is 0 Å². The fraction of sp³-hybridized carbons (Fsp3) is 0.759. The van der Waals surface area contributed by atoms with Crippen LogP contribution in [0.2, 0.25) is 5.02 Å². The summed E-state index contributed by atoms with van der Waals surface area (Å²) in [7, 11) is 3.57. The smallest absolute Gasteiger partial charge is 0.317 e. The molecule has 0 aromatic heterocycles. The van der Waals surface area contributed by atoms with Crippen molar-refractivity contribution < 1.29 is 19.0 Å². The van der Waals surface area contributed by atoms with E-state index in [0.717, 1.165) is 38.1 Å². The molecule has 37 heavy (non-hydrogen) atoms. The molecule has 8 heteroatoms. The molecule has 1 aromatic rings. The molecule has 0 spiro atoms. The van der Waals surface area contributed by atoms with Gasteiger partial charge in [0.05, 0.1) is 10.6 Å². The monoisotopic (exact) mass is 539 g/mol. The second-order valence-corrected chi connectivity index (χ2v) is 11.7. The van der Waals surface area contributed by atoms with Gasteiger partial charge in [-0.05, 0) is 63.5 Å². The van der Waals surface area contributed by atoms with Crippen LogP contribution in [0.4, 0.5) is 9.18 Å². The SMILES string of the molecule is CNCC(CC1CCC(C)CC1)NC(=O)N1CCC[C@@H]([C@@](O)(CCCCOC)c2cccc(Cl)c2F)C1. The molecular weight excluding hydrogens is 493 g/mol. The first-order chi connectivity index (χ1) is 17.8. The minimum Gasteiger partial charge on any atom is -0.385 e. The number of ether oxygens (including phenoxy) is 1. The zero-order valence-corrected chi connectivity index (χ0v) is 23.7. The van der Waals surface area contributed by atoms with E-state index < -0.39 is 11.4 Å². The van der Waals surface area contributed by atoms with Crippen molar-refractivity contribution in [3.05, 3.63) is 34.6 Å². The molecule has 2 aliphatic rings. The third-order valence-corrected chi connectivity index (χ3v) is 8.78. The minimum atomic E-state index is -1.41. The lowest BCUT2D eigenvalue weighted by Gasteiger charge is -2.43. The number of unbranched alkanes of at least 4 members (excludes halogenated alkanes) is 1. The van der Waals surface area contributed by atoms with Gasteiger partial charge in [-0.1, -0.05) is 56.3 Å². The first-order valence-corrected chi connectivity index (χ1v) is 14.5. The molecule has 210 valence electrons. The van der Waals surface area contributed by atoms with Crippen LogP contribution >= 0.6 is 11.6 Å². The van der Waals surface area contributed by atoms with Crippen molar-refractivity contribution in [2.45, 2.75) is 82.8 Å². The number of hydrogen-bond acceptors (Lipinski definition) is 4. The Hall–Kier alpha value is -1.41. The molecule has 3 rings (SSSR count). The summed E-state index contributed by atoms with van der Waals surface area (Å²) in [6.45, 7) is 4.65. The van der Waals surface area contributed by atoms with E-state index in [0.29, 0.717) is 38.5 Å². The molecule has 6 nitrogen and oxygen atoms in total. The maximum atomic E-state index is 15.2. The average molecular weight is 540 g/mol. The normalized spacial score (nSPS) is 24.9. The molecule has 0 bridgehead atoms. The van der Waals surface area contributed by atoms with E-state index in [4.69, 9.17) is 16.3 Å². The number of rotatable bonds is 12. The Morgan fingerprint density at radius 2 is 2.03 bits per heavy atom. The van der Waals surface area contributed by atoms with E-state index in [9.17, 15) is 9.90 Å². The number of amides is 2. The third kappa shape index (κ3) is 8.29. The second-order valence-electron chi connectivity index (χ2n) is 11.3. The number of piperidine rings is 1. The van der Waals surface area contributed by atoms with Gasteiger partial charge in [-0.2, -0.15) is 0 Å². The molecule has 3 N–H and O–H groups in total. The van der Waals surface area contributed by atoms with Crippen molar-refractivity contribution in [3.8, 4) is 0 Å². The van der Waals surface area contributed by atoms with Crippen molar-refractivity contribution in [1.29, 1.82) is 0 Å². The topological polar surface area (TPSA) is 73.8 Å². The Balaban J connectivity index is 1.70. The Kier molecular flexibility index (Phi) is 11.9. The van der Waals surface area contributed by atoms with Gasteiger partial charge in [-0.15, -0.1) is 0 Å². The van der Waals surface area contributed by atoms with Crippen molar-refractivity contribution >= 4 is 17.6 Å². The molecule has 1 aliphatic heterocycles. The van der Waals surface area contributed by atoms with Crippen molar-refractivity contribution in [3.63, 3.8) is 0 Å². The quantitative estimate of drug-likeness (QED) is 0.297. The summed E-state index contributed by atoms with van der Waals surface area (Å²) in [4.78, 5) is 15.2. The van der Waals surface area contributed by atoms with Crippen LogP contribution in [-0.2, 0) is 10.3 Å². The number of halogens is 2. The highest BCUT2D eigenvalue weighted by atomic mass is 35.5. The van der Waals surface area contributed by atoms with E-state index in [1.807, 2.05) is 11.9 Å². The number of aliphatic hydroxyl groups is 1. The molecule has 2 amide bonds. The highest BCUT2D eigenvalue weighted by Gasteiger charge is 2.43. The number of benzene rings is 1. The number of nitrogens with zero attached hydrogens (tertiary/aromatic N) is 1. The number of urea groups is 1. The molecule has 1 aromatic carbocycles. The zero-order chi connectivity index (χ0) is 26.8. The number of hydrogen-bond donors (Lipinski definition) is 3. The predicted octanol–water partition coefficient (Wildman–Crippen LogP) is 5.71. The number of likely N-dealkylation sites (tertiary alicyclic amines) is 1. The third-order valence-electron chi connectivity index (χ3n) is 8.49. The number of methoxy groups -OCH3 is 1. The van der Waals surface area contributed by atoms with E-state index >= 15 is 4.39 Å². The van der Waals surface area contributed by atoms with Gasteiger partial charge in [0, 0.05) is 50.9 Å². The summed E-state index contributed by atoms with van der Waals surface area (Å²) < 4.78 is 20.3. The maximum absolute atomic E-state index is 15.2. The fourth-order valence-electron chi connectivity index (χ4n) is 6.26. The molecule has 1 unspecified atom stereocenters. The highest BCUT2D eigenvalue weighted by Crippen LogP contribution is 2.42. The van der Waals surface area contributed by atoms with Crippen LogP contribution in [0.5, 0.6) is 0 Å². The number of nitrogens with one attached hydrogen (secondary N) is 2. The average Bonchev–Trinajstić information content (AvgIpc) is 2.89. The van der Waals surface area contributed by atoms with Gasteiger partial charge in [0.2, 0.25) is 0 Å². The van der Waals surface area contributed by atoms with Crippen LogP contribution in [0.3, 0.4) is 0 Å². The van der Waals surface area contributed by atoms with Crippen molar-refractivity contribution in [1.82, 2.24) is 15.5 Å². The van der Waals surface area contributed by atoms with Gasteiger partial charge in [-0.25, -0.2) is 9.18 Å². The Labute approximate surface area is 227 Å². The van der Waals surface area contributed by atoms with Crippen LogP contribution in [0, 0.1) is 23.6 Å². The van der Waals surface area contributed by atoms with Gasteiger partial charge < -0.3 is 25.4 Å². The summed E-state index contributed by atoms with van der Waals surface area (Å²) in [5.41, 5.74) is -1.19. The molecule has 1 saturated carbocycles. The lowest BCUT2D eigenvalue weighted by molar-refractivity contribution is -0.0587. The van der Waals surface area contributed by atoms with E-state index in [-0.39, 0.29) is 28.6 Å². The van der Waals surface area contributed by atoms with E-state index in [2.05, 4.69) is 17.6 Å². The minimum absolute atomic E-state index is 0.00485. The molecule has 1 saturated heterocycles. The van der Waals surface area contributed by atoms with Crippen molar-refractivity contribution in [2.24, 2.45) is 17.8 Å². The van der Waals surface area contributed by atoms with Crippen LogP contribution in [-0.4, -0.2) is 62.5 Å². The largest absolute Gasteiger partial charge is 0.385 e. The first-order valence-electron chi connectivity index (χ1n) is 14.1. The summed E-state index contributed by atoms with van der Waals surface area (Å²) in [6, 6.07) is 4.78. The molecule has 1 aliphatic carbocycles. The van der Waals surface area contributed by atoms with Gasteiger partial charge in [0.15, 0.2) is 0 Å². The number of likely N-dealkylation sites (N-methyl/N-ethyl adjacent to an activating group) is 1. The molecule has 0 radical (unpaired) electrons. The van der Waals surface area contributed by atoms with Gasteiger partial charge in [0.1, 0.15) is 5.82 Å². The van der Waals surface area contributed by atoms with Crippen LogP contribution in [0.25, 0.3) is 0 Å². The molecule has 1 heterocycles. The van der Waals surface area contributed by atoms with Gasteiger partial charge in [-0.3, -0.25) is 0 Å². The van der Waals surface area contributed by atoms with Crippen molar-refractivity contribution in [2.75, 3.05) is 40.4 Å². The van der Waals surface area contributed by atoms with Crippen LogP contribution in [0.15, 0.2) is 18.2 Å². The number of carbonyl (C=O) groups is 1. The number of carbonyl (C=O) groups excluding carboxylic acids is 1. The highest BCUT2D eigenvalue weighted by molar-refractivity contribution is 6.30. The standard InChI is InChI=1S/C29H47ClFN3O3/c1-21-11-13-22(14-12-21)18-24(19-32-2)33-28(35)34-16-7-8-23(20-34)29(36,15-4-5-17-37-3)25-9-6-10-26(30)27(25)31/h6,9-10,21-24,32,36H,4-5,7-8,11-20H2,1-3H3,(H,33,35)/t21?,22?,23-,24?,29+/m1/s1. The van der Waals surface area contributed by atoms with Crippen LogP contribution < -0.4 is 10.6 Å². The Morgan fingerprint density at radius 1 is 1.27 bits per heavy atom. The molecule has 3 atom stereocenters. The summed E-state index contributed by atoms with van der Waals surface area (Å²) in [5.74, 6) is 0.587. The summed E-state index contributed by atoms with van der Waals surface area (Å²) in [6.07, 6.45) is 9.28. The lowest BCUT2D eigenvalue weighted by Crippen LogP contribution is -2.54. The predicted molar refractivity (Wildman–Crippen MR) is 147 cm³/mol. The van der Waals surface area contributed by atoms with E-state index in [1.54, 1.807) is 19.2 Å². The van der Waals surface area contributed by atoms with Gasteiger partial charge >= 0.3 is 6.03 Å². The Bertz CT molecular complexity index is 852. The second kappa shape index (κ2) is 14.7. The molecular formula is C29H47ClFN3O3. The first kappa shape index (κ1) is 30.1. The Morgan fingerprint density at radius 3 is 2.73 bits per heavy atom. The lowest BCUT2D eigenvalue weighted by atomic mass is 9.74. The van der Waals surface area contributed by atoms with Crippen LogP contribution in [0.1, 0.15) is 76.7 Å². The fourth-order valence-corrected chi connectivity index (χ4v) is 6.44. The van der Waals surface area contributed by atoms with E-state index in [1.165, 1.54) is 31.7 Å². The zero-order valence-electron chi connectivity index (χ0n) is 22.9. The molecule has 2 fully saturated rings. The summed E-state index contributed by atoms with van der Waals surface area (Å²) >= 11 is 6.11. The summed E-state index contributed by atoms with van der Waals surface area (Å²) in [5, 5.41) is 18.5.